The van der Waals surface area contributed by atoms with E-state index in [-0.39, 0.29) is 11.8 Å². The minimum Gasteiger partial charge on any atom is -0.322 e. The fourth-order valence-corrected chi connectivity index (χ4v) is 3.03. The van der Waals surface area contributed by atoms with Crippen LogP contribution in [0.5, 0.6) is 0 Å². The maximum atomic E-state index is 12.7. The molecule has 184 valence electrons. The van der Waals surface area contributed by atoms with Crippen LogP contribution in [0.2, 0.25) is 0 Å². The Labute approximate surface area is 209 Å². The van der Waals surface area contributed by atoms with Gasteiger partial charge in [0, 0.05) is 34.1 Å². The molecule has 2 N–H and O–H groups in total. The van der Waals surface area contributed by atoms with Crippen molar-refractivity contribution in [3.63, 3.8) is 0 Å². The van der Waals surface area contributed by atoms with Crippen molar-refractivity contribution in [1.82, 2.24) is 4.98 Å². The molecule has 0 saturated carbocycles. The van der Waals surface area contributed by atoms with Gasteiger partial charge in [0.15, 0.2) is 0 Å². The molecule has 0 bridgehead atoms. The van der Waals surface area contributed by atoms with E-state index in [0.717, 1.165) is 16.5 Å². The summed E-state index contributed by atoms with van der Waals surface area (Å²) in [6.07, 6.45) is 10.7. The molecule has 0 unspecified atom stereocenters. The van der Waals surface area contributed by atoms with Gasteiger partial charge in [0.2, 0.25) is 0 Å². The van der Waals surface area contributed by atoms with Crippen LogP contribution >= 0.6 is 0 Å². The summed E-state index contributed by atoms with van der Waals surface area (Å²) in [4.78, 5) is 29.7. The van der Waals surface area contributed by atoms with E-state index in [1.165, 1.54) is 0 Å². The highest BCUT2D eigenvalue weighted by molar-refractivity contribution is 6.08. The number of hydrogen-bond acceptors (Lipinski definition) is 3. The van der Waals surface area contributed by atoms with Gasteiger partial charge in [-0.2, -0.15) is 0 Å². The van der Waals surface area contributed by atoms with Crippen LogP contribution in [0.3, 0.4) is 0 Å². The van der Waals surface area contributed by atoms with Crippen molar-refractivity contribution >= 4 is 34.1 Å². The van der Waals surface area contributed by atoms with Gasteiger partial charge in [-0.25, -0.2) is 0 Å². The zero-order chi connectivity index (χ0) is 26.2. The number of rotatable bonds is 6. The number of anilines is 2. The molecule has 0 spiro atoms. The zero-order valence-corrected chi connectivity index (χ0v) is 21.8. The maximum absolute atomic E-state index is 12.7. The van der Waals surface area contributed by atoms with Gasteiger partial charge in [-0.15, -0.1) is 0 Å². The molecule has 0 aliphatic carbocycles. The second-order valence-electron chi connectivity index (χ2n) is 7.00. The third-order valence-corrected chi connectivity index (χ3v) is 4.69. The quantitative estimate of drug-likeness (QED) is 0.284. The molecule has 3 aromatic rings. The number of fused-ring (bicyclic) bond motifs is 1. The van der Waals surface area contributed by atoms with Gasteiger partial charge in [0.1, 0.15) is 0 Å². The van der Waals surface area contributed by atoms with E-state index in [2.05, 4.69) is 15.6 Å². The van der Waals surface area contributed by atoms with Crippen LogP contribution in [0.15, 0.2) is 90.7 Å². The number of nitrogens with one attached hydrogen (secondary N) is 2. The molecule has 1 aromatic heterocycles. The predicted molar refractivity (Wildman–Crippen MR) is 150 cm³/mol. The van der Waals surface area contributed by atoms with E-state index in [9.17, 15) is 9.59 Å². The Balaban J connectivity index is 0.00000145. The van der Waals surface area contributed by atoms with Gasteiger partial charge < -0.3 is 10.6 Å². The predicted octanol–water partition coefficient (Wildman–Crippen LogP) is 7.87. The average molecular weight is 472 g/mol. The third-order valence-electron chi connectivity index (χ3n) is 4.69. The minimum atomic E-state index is -0.240. The highest BCUT2D eigenvalue weighted by Crippen LogP contribution is 2.22. The number of aryl methyl sites for hydroxylation is 1. The van der Waals surface area contributed by atoms with Crippen LogP contribution < -0.4 is 10.6 Å². The van der Waals surface area contributed by atoms with E-state index in [1.54, 1.807) is 36.5 Å². The summed E-state index contributed by atoms with van der Waals surface area (Å²) in [5, 5.41) is 6.80. The minimum absolute atomic E-state index is 0.219. The van der Waals surface area contributed by atoms with E-state index in [1.807, 2.05) is 97.0 Å². The molecular formula is C30H37N3O2. The lowest BCUT2D eigenvalue weighted by molar-refractivity contribution is -0.112. The van der Waals surface area contributed by atoms with Crippen LogP contribution in [0.4, 0.5) is 11.4 Å². The summed E-state index contributed by atoms with van der Waals surface area (Å²) in [5.74, 6) is -0.459. The molecule has 5 heteroatoms. The first-order chi connectivity index (χ1) is 17.0. The number of benzene rings is 2. The molecule has 3 rings (SSSR count). The molecule has 0 aliphatic rings. The first-order valence-corrected chi connectivity index (χ1v) is 12.1. The normalized spacial score (nSPS) is 10.9. The van der Waals surface area contributed by atoms with Gasteiger partial charge in [-0.3, -0.25) is 14.6 Å². The highest BCUT2D eigenvalue weighted by atomic mass is 16.2. The van der Waals surface area contributed by atoms with Crippen molar-refractivity contribution in [1.29, 1.82) is 0 Å². The van der Waals surface area contributed by atoms with Crippen molar-refractivity contribution in [3.05, 3.63) is 102 Å². The number of hydrogen-bond donors (Lipinski definition) is 2. The number of carbonyl (C=O) groups excluding carboxylic acids is 2. The molecule has 0 aliphatic heterocycles. The molecule has 2 amide bonds. The number of amides is 2. The second kappa shape index (κ2) is 15.8. The Morgan fingerprint density at radius 2 is 1.63 bits per heavy atom. The lowest BCUT2D eigenvalue weighted by Gasteiger charge is -2.12. The number of pyridine rings is 1. The fourth-order valence-electron chi connectivity index (χ4n) is 3.03. The Kier molecular flexibility index (Phi) is 13.1. The maximum Gasteiger partial charge on any atom is 0.255 e. The Morgan fingerprint density at radius 3 is 2.31 bits per heavy atom. The van der Waals surface area contributed by atoms with Crippen molar-refractivity contribution in [3.8, 4) is 0 Å². The van der Waals surface area contributed by atoms with Crippen LogP contribution in [0, 0.1) is 6.92 Å². The summed E-state index contributed by atoms with van der Waals surface area (Å²) < 4.78 is 0. The van der Waals surface area contributed by atoms with Crippen molar-refractivity contribution < 1.29 is 9.59 Å². The average Bonchev–Trinajstić information content (AvgIpc) is 2.90. The monoisotopic (exact) mass is 471 g/mol. The lowest BCUT2D eigenvalue weighted by atomic mass is 10.1. The summed E-state index contributed by atoms with van der Waals surface area (Å²) in [5.41, 5.74) is 3.94. The summed E-state index contributed by atoms with van der Waals surface area (Å²) >= 11 is 0. The van der Waals surface area contributed by atoms with Crippen LogP contribution in [0.1, 0.15) is 57.5 Å². The Bertz CT molecular complexity index is 1210. The molecule has 5 nitrogen and oxygen atoms in total. The van der Waals surface area contributed by atoms with Crippen LogP contribution in [0.25, 0.3) is 10.9 Å². The van der Waals surface area contributed by atoms with Gasteiger partial charge in [-0.05, 0) is 62.7 Å². The number of carbonyl (C=O) groups is 2. The second-order valence-corrected chi connectivity index (χ2v) is 7.00. The van der Waals surface area contributed by atoms with Crippen molar-refractivity contribution in [2.45, 2.75) is 48.5 Å². The van der Waals surface area contributed by atoms with Crippen LogP contribution in [-0.4, -0.2) is 16.8 Å². The van der Waals surface area contributed by atoms with Crippen molar-refractivity contribution in [2.24, 2.45) is 0 Å². The molecular weight excluding hydrogens is 434 g/mol. The lowest BCUT2D eigenvalue weighted by Crippen LogP contribution is -2.15. The molecule has 35 heavy (non-hydrogen) atoms. The molecule has 2 aromatic carbocycles. The fraction of sp³-hybridized carbons (Fsp3) is 0.233. The topological polar surface area (TPSA) is 71.1 Å². The Hall–Kier alpha value is -3.99. The third kappa shape index (κ3) is 8.70. The summed E-state index contributed by atoms with van der Waals surface area (Å²) in [6, 6.07) is 14.6. The number of aromatic nitrogens is 1. The van der Waals surface area contributed by atoms with Gasteiger partial charge >= 0.3 is 0 Å². The molecule has 1 heterocycles. The van der Waals surface area contributed by atoms with Gasteiger partial charge in [-0.1, -0.05) is 70.2 Å². The molecule has 0 saturated heterocycles. The van der Waals surface area contributed by atoms with E-state index in [4.69, 9.17) is 0 Å². The smallest absolute Gasteiger partial charge is 0.255 e. The van der Waals surface area contributed by atoms with Gasteiger partial charge in [0.05, 0.1) is 5.52 Å². The Morgan fingerprint density at radius 1 is 0.886 bits per heavy atom. The van der Waals surface area contributed by atoms with E-state index < -0.39 is 0 Å². The SMILES string of the molecule is CC.CC.C\C=C/C=C(\C=C/C)C(=O)Nc1cc(NC(=O)c2ccc3cccnc3c2)ccc1C. The number of nitrogens with zero attached hydrogens (tertiary/aromatic N) is 1. The van der Waals surface area contributed by atoms with Crippen LogP contribution in [-0.2, 0) is 4.79 Å². The van der Waals surface area contributed by atoms with E-state index >= 15 is 0 Å². The summed E-state index contributed by atoms with van der Waals surface area (Å²) in [7, 11) is 0. The standard InChI is InChI=1S/C26H25N3O2.2C2H6/c1-4-6-9-20(8-5-2)25(30)29-23-17-22(14-11-18(23)3)28-26(31)21-13-12-19-10-7-15-27-24(19)16-21;2*1-2/h4-17H,1-3H3,(H,28,31)(H,29,30);2*1-2H3/b6-4-,8-5-,20-9+;;. The summed E-state index contributed by atoms with van der Waals surface area (Å²) in [6.45, 7) is 13.7. The molecule has 0 atom stereocenters. The molecule has 0 radical (unpaired) electrons. The first kappa shape index (κ1) is 29.0. The number of allylic oxidation sites excluding steroid dienone is 4. The largest absolute Gasteiger partial charge is 0.322 e. The first-order valence-electron chi connectivity index (χ1n) is 12.1. The van der Waals surface area contributed by atoms with E-state index in [0.29, 0.717) is 22.5 Å². The highest BCUT2D eigenvalue weighted by Gasteiger charge is 2.11. The molecule has 0 fully saturated rings. The zero-order valence-electron chi connectivity index (χ0n) is 21.8. The van der Waals surface area contributed by atoms with Gasteiger partial charge in [0.25, 0.3) is 11.8 Å². The van der Waals surface area contributed by atoms with Crippen molar-refractivity contribution in [2.75, 3.05) is 10.6 Å².